The number of benzene rings is 3. The maximum atomic E-state index is 12.8. The van der Waals surface area contributed by atoms with Crippen molar-refractivity contribution < 1.29 is 14.3 Å². The molecular formula is C24H23Cl2NO3. The van der Waals surface area contributed by atoms with E-state index < -0.39 is 0 Å². The van der Waals surface area contributed by atoms with Crippen molar-refractivity contribution in [2.75, 3.05) is 6.61 Å². The fraction of sp³-hybridized carbons (Fsp3) is 0.208. The zero-order valence-electron chi connectivity index (χ0n) is 16.8. The van der Waals surface area contributed by atoms with E-state index in [4.69, 9.17) is 32.7 Å². The van der Waals surface area contributed by atoms with Crippen molar-refractivity contribution in [1.29, 1.82) is 0 Å². The summed E-state index contributed by atoms with van der Waals surface area (Å²) in [6.45, 7) is 4.61. The summed E-state index contributed by atoms with van der Waals surface area (Å²) < 4.78 is 11.5. The first-order valence-electron chi connectivity index (χ1n) is 9.66. The van der Waals surface area contributed by atoms with Crippen LogP contribution in [0.5, 0.6) is 11.5 Å². The first-order valence-corrected chi connectivity index (χ1v) is 10.4. The first-order chi connectivity index (χ1) is 14.5. The predicted molar refractivity (Wildman–Crippen MR) is 121 cm³/mol. The highest BCUT2D eigenvalue weighted by Gasteiger charge is 2.14. The van der Waals surface area contributed by atoms with Gasteiger partial charge in [0.25, 0.3) is 5.91 Å². The normalized spacial score (nSPS) is 11.6. The number of amides is 1. The number of ether oxygens (including phenoxy) is 2. The van der Waals surface area contributed by atoms with Gasteiger partial charge in [-0.1, -0.05) is 41.4 Å². The van der Waals surface area contributed by atoms with E-state index in [0.717, 1.165) is 11.1 Å². The molecule has 30 heavy (non-hydrogen) atoms. The van der Waals surface area contributed by atoms with E-state index in [0.29, 0.717) is 33.7 Å². The summed E-state index contributed by atoms with van der Waals surface area (Å²) >= 11 is 12.0. The van der Waals surface area contributed by atoms with E-state index in [9.17, 15) is 4.79 Å². The molecule has 4 nitrogen and oxygen atoms in total. The number of nitrogens with one attached hydrogen (secondary N) is 1. The molecule has 1 N–H and O–H groups in total. The van der Waals surface area contributed by atoms with Crippen LogP contribution in [0.4, 0.5) is 0 Å². The second-order valence-electron chi connectivity index (χ2n) is 6.75. The Balaban J connectivity index is 1.74. The molecule has 3 aromatic carbocycles. The van der Waals surface area contributed by atoms with E-state index >= 15 is 0 Å². The van der Waals surface area contributed by atoms with Crippen LogP contribution in [0.3, 0.4) is 0 Å². The van der Waals surface area contributed by atoms with Crippen LogP contribution in [-0.2, 0) is 6.61 Å². The maximum Gasteiger partial charge on any atom is 0.251 e. The molecule has 0 spiro atoms. The molecule has 1 amide bonds. The lowest BCUT2D eigenvalue weighted by Crippen LogP contribution is -2.26. The van der Waals surface area contributed by atoms with Crippen LogP contribution in [0, 0.1) is 0 Å². The summed E-state index contributed by atoms with van der Waals surface area (Å²) in [5.74, 6) is 1.16. The Hall–Kier alpha value is -2.69. The van der Waals surface area contributed by atoms with Gasteiger partial charge in [0.1, 0.15) is 18.1 Å². The average molecular weight is 444 g/mol. The smallest absolute Gasteiger partial charge is 0.251 e. The van der Waals surface area contributed by atoms with Crippen molar-refractivity contribution in [3.8, 4) is 11.5 Å². The molecule has 0 aromatic heterocycles. The van der Waals surface area contributed by atoms with Crippen molar-refractivity contribution in [3.05, 3.63) is 93.5 Å². The van der Waals surface area contributed by atoms with Crippen molar-refractivity contribution in [2.45, 2.75) is 26.5 Å². The number of carbonyl (C=O) groups excluding carboxylic acids is 1. The molecule has 0 fully saturated rings. The Morgan fingerprint density at radius 1 is 0.967 bits per heavy atom. The molecule has 0 saturated carbocycles. The Bertz CT molecular complexity index is 1010. The zero-order chi connectivity index (χ0) is 21.5. The molecule has 1 atom stereocenters. The molecule has 3 aromatic rings. The van der Waals surface area contributed by atoms with E-state index in [1.54, 1.807) is 30.3 Å². The van der Waals surface area contributed by atoms with Crippen LogP contribution < -0.4 is 14.8 Å². The van der Waals surface area contributed by atoms with Crippen molar-refractivity contribution in [2.24, 2.45) is 0 Å². The first kappa shape index (κ1) is 22.0. The largest absolute Gasteiger partial charge is 0.493 e. The van der Waals surface area contributed by atoms with Crippen LogP contribution in [0.25, 0.3) is 0 Å². The van der Waals surface area contributed by atoms with Crippen LogP contribution >= 0.6 is 23.2 Å². The molecule has 0 aliphatic carbocycles. The second-order valence-corrected chi connectivity index (χ2v) is 7.62. The third kappa shape index (κ3) is 5.91. The van der Waals surface area contributed by atoms with Crippen LogP contribution in [0.2, 0.25) is 10.0 Å². The summed E-state index contributed by atoms with van der Waals surface area (Å²) in [6.07, 6.45) is 0. The van der Waals surface area contributed by atoms with Crippen molar-refractivity contribution in [1.82, 2.24) is 5.32 Å². The highest BCUT2D eigenvalue weighted by Crippen LogP contribution is 2.25. The minimum Gasteiger partial charge on any atom is -0.493 e. The SMILES string of the molecule is CCOc1ccc(C(=O)N[C@@H](C)c2ccc(Cl)cc2)cc1COc1cccc(Cl)c1. The highest BCUT2D eigenvalue weighted by atomic mass is 35.5. The Kier molecular flexibility index (Phi) is 7.61. The summed E-state index contributed by atoms with van der Waals surface area (Å²) in [4.78, 5) is 12.8. The van der Waals surface area contributed by atoms with Gasteiger partial charge in [0.2, 0.25) is 0 Å². The minimum atomic E-state index is -0.176. The lowest BCUT2D eigenvalue weighted by molar-refractivity contribution is 0.0939. The second kappa shape index (κ2) is 10.4. The van der Waals surface area contributed by atoms with Crippen LogP contribution in [0.15, 0.2) is 66.7 Å². The molecule has 0 aliphatic heterocycles. The van der Waals surface area contributed by atoms with Gasteiger partial charge in [0, 0.05) is 21.2 Å². The average Bonchev–Trinajstić information content (AvgIpc) is 2.73. The van der Waals surface area contributed by atoms with E-state index in [-0.39, 0.29) is 18.6 Å². The molecule has 0 unspecified atom stereocenters. The zero-order valence-corrected chi connectivity index (χ0v) is 18.3. The standard InChI is InChI=1S/C24H23Cl2NO3/c1-3-29-23-12-9-18(13-19(23)15-30-22-6-4-5-21(26)14-22)24(28)27-16(2)17-7-10-20(25)11-8-17/h4-14,16H,3,15H2,1-2H3,(H,27,28)/t16-/m0/s1. The molecule has 0 radical (unpaired) electrons. The molecule has 0 saturated heterocycles. The number of halogens is 2. The van der Waals surface area contributed by atoms with E-state index in [2.05, 4.69) is 5.32 Å². The summed E-state index contributed by atoms with van der Waals surface area (Å²) in [5.41, 5.74) is 2.29. The van der Waals surface area contributed by atoms with E-state index in [1.807, 2.05) is 50.2 Å². The molecular weight excluding hydrogens is 421 g/mol. The van der Waals surface area contributed by atoms with Crippen LogP contribution in [0.1, 0.15) is 41.4 Å². The monoisotopic (exact) mass is 443 g/mol. The quantitative estimate of drug-likeness (QED) is 0.434. The molecule has 3 rings (SSSR count). The summed E-state index contributed by atoms with van der Waals surface area (Å²) in [7, 11) is 0. The van der Waals surface area contributed by atoms with Gasteiger partial charge in [-0.15, -0.1) is 0 Å². The van der Waals surface area contributed by atoms with Gasteiger partial charge in [-0.2, -0.15) is 0 Å². The number of hydrogen-bond acceptors (Lipinski definition) is 3. The summed E-state index contributed by atoms with van der Waals surface area (Å²) in [5, 5.41) is 4.27. The van der Waals surface area contributed by atoms with Gasteiger partial charge in [0.15, 0.2) is 0 Å². The topological polar surface area (TPSA) is 47.6 Å². The molecule has 6 heteroatoms. The van der Waals surface area contributed by atoms with Crippen molar-refractivity contribution >= 4 is 29.1 Å². The van der Waals surface area contributed by atoms with Crippen molar-refractivity contribution in [3.63, 3.8) is 0 Å². The van der Waals surface area contributed by atoms with Crippen LogP contribution in [-0.4, -0.2) is 12.5 Å². The lowest BCUT2D eigenvalue weighted by atomic mass is 10.1. The third-order valence-electron chi connectivity index (χ3n) is 4.53. The number of hydrogen-bond donors (Lipinski definition) is 1. The molecule has 156 valence electrons. The Labute approximate surface area is 186 Å². The van der Waals surface area contributed by atoms with Gasteiger partial charge < -0.3 is 14.8 Å². The lowest BCUT2D eigenvalue weighted by Gasteiger charge is -2.16. The number of carbonyl (C=O) groups is 1. The third-order valence-corrected chi connectivity index (χ3v) is 5.02. The van der Waals surface area contributed by atoms with Gasteiger partial charge in [0.05, 0.1) is 12.6 Å². The molecule has 0 bridgehead atoms. The van der Waals surface area contributed by atoms with Gasteiger partial charge in [-0.05, 0) is 67.9 Å². The maximum absolute atomic E-state index is 12.8. The Morgan fingerprint density at radius 3 is 2.43 bits per heavy atom. The molecule has 0 aliphatic rings. The van der Waals surface area contributed by atoms with Gasteiger partial charge in [-0.25, -0.2) is 0 Å². The number of rotatable bonds is 8. The van der Waals surface area contributed by atoms with Gasteiger partial charge >= 0.3 is 0 Å². The molecule has 0 heterocycles. The summed E-state index contributed by atoms with van der Waals surface area (Å²) in [6, 6.07) is 19.8. The minimum absolute atomic E-state index is 0.160. The fourth-order valence-electron chi connectivity index (χ4n) is 2.96. The fourth-order valence-corrected chi connectivity index (χ4v) is 3.27. The Morgan fingerprint density at radius 2 is 1.73 bits per heavy atom. The highest BCUT2D eigenvalue weighted by molar-refractivity contribution is 6.30. The van der Waals surface area contributed by atoms with Gasteiger partial charge in [-0.3, -0.25) is 4.79 Å². The predicted octanol–water partition coefficient (Wildman–Crippen LogP) is 6.46. The van der Waals surface area contributed by atoms with E-state index in [1.165, 1.54) is 0 Å².